The van der Waals surface area contributed by atoms with Crippen LogP contribution in [0.4, 0.5) is 30.6 Å². The van der Waals surface area contributed by atoms with Crippen LogP contribution in [0.3, 0.4) is 0 Å². The van der Waals surface area contributed by atoms with Gasteiger partial charge in [-0.3, -0.25) is 0 Å². The summed E-state index contributed by atoms with van der Waals surface area (Å²) in [5.74, 6) is 1.21. The predicted molar refractivity (Wildman–Crippen MR) is 124 cm³/mol. The zero-order chi connectivity index (χ0) is 23.4. The van der Waals surface area contributed by atoms with Gasteiger partial charge in [0, 0.05) is 48.5 Å². The van der Waals surface area contributed by atoms with Crippen molar-refractivity contribution in [1.29, 1.82) is 0 Å². The number of nitrogens with one attached hydrogen (secondary N) is 1. The average molecular weight is 476 g/mol. The van der Waals surface area contributed by atoms with E-state index in [1.54, 1.807) is 12.1 Å². The minimum Gasteiger partial charge on any atom is -0.406 e. The highest BCUT2D eigenvalue weighted by molar-refractivity contribution is 7.97. The lowest BCUT2D eigenvalue weighted by Gasteiger charge is -2.34. The summed E-state index contributed by atoms with van der Waals surface area (Å²) in [5.41, 5.74) is 3.05. The Hall–Kier alpha value is -2.98. The van der Waals surface area contributed by atoms with Crippen molar-refractivity contribution in [3.63, 3.8) is 0 Å². The first-order valence-corrected chi connectivity index (χ1v) is 11.2. The summed E-state index contributed by atoms with van der Waals surface area (Å²) in [4.78, 5) is 12.3. The van der Waals surface area contributed by atoms with Gasteiger partial charge in [-0.25, -0.2) is 9.29 Å². The Morgan fingerprint density at radius 1 is 0.909 bits per heavy atom. The number of rotatable bonds is 6. The monoisotopic (exact) mass is 475 g/mol. The molecule has 0 radical (unpaired) electrons. The molecule has 1 saturated heterocycles. The van der Waals surface area contributed by atoms with Crippen LogP contribution < -0.4 is 15.0 Å². The maximum atomic E-state index is 12.3. The molecule has 0 atom stereocenters. The largest absolute Gasteiger partial charge is 0.573 e. The maximum absolute atomic E-state index is 12.3. The van der Waals surface area contributed by atoms with Gasteiger partial charge in [0.1, 0.15) is 11.6 Å². The molecule has 4 rings (SSSR count). The smallest absolute Gasteiger partial charge is 0.406 e. The Bertz CT molecular complexity index is 1070. The molecule has 33 heavy (non-hydrogen) atoms. The van der Waals surface area contributed by atoms with E-state index in [1.807, 2.05) is 44.2 Å². The van der Waals surface area contributed by atoms with E-state index in [9.17, 15) is 13.2 Å². The number of benzene rings is 2. The molecule has 0 bridgehead atoms. The van der Waals surface area contributed by atoms with Crippen LogP contribution in [-0.4, -0.2) is 46.8 Å². The van der Waals surface area contributed by atoms with Crippen LogP contribution in [0.1, 0.15) is 11.3 Å². The number of hydrogen-bond acceptors (Lipinski definition) is 7. The second-order valence-corrected chi connectivity index (χ2v) is 8.88. The van der Waals surface area contributed by atoms with E-state index >= 15 is 0 Å². The minimum absolute atomic E-state index is 0.219. The minimum atomic E-state index is -4.68. The normalized spacial score (nSPS) is 14.9. The molecule has 10 heteroatoms. The molecular weight excluding hydrogens is 451 g/mol. The summed E-state index contributed by atoms with van der Waals surface area (Å²) < 4.78 is 43.0. The number of anilines is 3. The van der Waals surface area contributed by atoms with E-state index in [0.717, 1.165) is 48.3 Å². The van der Waals surface area contributed by atoms with Crippen molar-refractivity contribution >= 4 is 29.4 Å². The summed E-state index contributed by atoms with van der Waals surface area (Å²) in [5, 5.41) is 3.34. The third kappa shape index (κ3) is 6.75. The number of halogens is 3. The lowest BCUT2D eigenvalue weighted by Crippen LogP contribution is -2.44. The van der Waals surface area contributed by atoms with Crippen LogP contribution in [-0.2, 0) is 0 Å². The van der Waals surface area contributed by atoms with Gasteiger partial charge >= 0.3 is 6.36 Å². The van der Waals surface area contributed by atoms with Crippen LogP contribution >= 0.6 is 11.9 Å². The molecule has 0 unspecified atom stereocenters. The molecule has 1 aliphatic heterocycles. The summed E-state index contributed by atoms with van der Waals surface area (Å²) in [6.07, 6.45) is -4.68. The molecule has 2 heterocycles. The lowest BCUT2D eigenvalue weighted by atomic mass is 10.2. The second kappa shape index (κ2) is 9.88. The summed E-state index contributed by atoms with van der Waals surface area (Å²) >= 11 is 1.51. The first-order chi connectivity index (χ1) is 15.7. The van der Waals surface area contributed by atoms with Crippen LogP contribution in [0.5, 0.6) is 5.75 Å². The highest BCUT2D eigenvalue weighted by Gasteiger charge is 2.31. The molecule has 1 aliphatic rings. The van der Waals surface area contributed by atoms with Crippen LogP contribution in [0, 0.1) is 13.8 Å². The predicted octanol–water partition coefficient (Wildman–Crippen LogP) is 5.56. The van der Waals surface area contributed by atoms with E-state index in [4.69, 9.17) is 4.98 Å². The molecule has 0 saturated carbocycles. The van der Waals surface area contributed by atoms with E-state index in [-0.39, 0.29) is 5.75 Å². The highest BCUT2D eigenvalue weighted by Crippen LogP contribution is 2.29. The van der Waals surface area contributed by atoms with Crippen molar-refractivity contribution in [2.24, 2.45) is 0 Å². The Morgan fingerprint density at radius 3 is 2.21 bits per heavy atom. The van der Waals surface area contributed by atoms with Gasteiger partial charge in [0.15, 0.2) is 0 Å². The third-order valence-corrected chi connectivity index (χ3v) is 6.09. The van der Waals surface area contributed by atoms with Gasteiger partial charge in [0.25, 0.3) is 0 Å². The van der Waals surface area contributed by atoms with Crippen molar-refractivity contribution in [2.75, 3.05) is 36.4 Å². The van der Waals surface area contributed by atoms with Crippen LogP contribution in [0.2, 0.25) is 0 Å². The van der Waals surface area contributed by atoms with E-state index < -0.39 is 6.36 Å². The van der Waals surface area contributed by atoms with E-state index in [1.165, 1.54) is 29.6 Å². The Kier molecular flexibility index (Phi) is 6.94. The van der Waals surface area contributed by atoms with Crippen molar-refractivity contribution in [2.45, 2.75) is 25.1 Å². The molecule has 2 aromatic carbocycles. The second-order valence-electron chi connectivity index (χ2n) is 7.71. The maximum Gasteiger partial charge on any atom is 0.573 e. The van der Waals surface area contributed by atoms with Gasteiger partial charge in [-0.2, -0.15) is 4.98 Å². The Morgan fingerprint density at radius 2 is 1.58 bits per heavy atom. The van der Waals surface area contributed by atoms with Gasteiger partial charge in [-0.05, 0) is 62.2 Å². The van der Waals surface area contributed by atoms with Crippen LogP contribution in [0.15, 0.2) is 59.5 Å². The molecule has 0 amide bonds. The molecule has 174 valence electrons. The summed E-state index contributed by atoms with van der Waals surface area (Å²) in [6.45, 7) is 7.02. The number of nitrogens with zero attached hydrogens (tertiary/aromatic N) is 4. The van der Waals surface area contributed by atoms with Crippen molar-refractivity contribution in [3.8, 4) is 5.75 Å². The third-order valence-electron chi connectivity index (χ3n) is 4.98. The fraction of sp³-hybridized carbons (Fsp3) is 0.304. The first kappa shape index (κ1) is 23.2. The van der Waals surface area contributed by atoms with E-state index in [2.05, 4.69) is 24.2 Å². The molecule has 3 aromatic rings. The van der Waals surface area contributed by atoms with Crippen molar-refractivity contribution in [1.82, 2.24) is 14.3 Å². The van der Waals surface area contributed by atoms with Gasteiger partial charge in [-0.15, -0.1) is 13.2 Å². The molecule has 0 aliphatic carbocycles. The van der Waals surface area contributed by atoms with Crippen LogP contribution in [0.25, 0.3) is 0 Å². The number of alkyl halides is 3. The molecular formula is C23H24F3N5OS. The zero-order valence-corrected chi connectivity index (χ0v) is 19.1. The Balaban J connectivity index is 1.34. The van der Waals surface area contributed by atoms with E-state index in [0.29, 0.717) is 5.95 Å². The lowest BCUT2D eigenvalue weighted by molar-refractivity contribution is -0.274. The zero-order valence-electron chi connectivity index (χ0n) is 18.3. The summed E-state index contributed by atoms with van der Waals surface area (Å²) in [6, 6.07) is 16.0. The first-order valence-electron chi connectivity index (χ1n) is 10.5. The van der Waals surface area contributed by atoms with Gasteiger partial charge in [-0.1, -0.05) is 17.7 Å². The van der Waals surface area contributed by atoms with Gasteiger partial charge in [0.2, 0.25) is 5.95 Å². The molecule has 1 aromatic heterocycles. The number of aryl methyl sites for hydroxylation is 2. The average Bonchev–Trinajstić information content (AvgIpc) is 2.76. The molecule has 1 N–H and O–H groups in total. The molecule has 0 spiro atoms. The fourth-order valence-corrected chi connectivity index (χ4v) is 4.28. The quantitative estimate of drug-likeness (QED) is 0.468. The van der Waals surface area contributed by atoms with Gasteiger partial charge < -0.3 is 15.0 Å². The fourth-order valence-electron chi connectivity index (χ4n) is 3.37. The van der Waals surface area contributed by atoms with Crippen molar-refractivity contribution < 1.29 is 17.9 Å². The standard InChI is InChI=1S/C23H24F3N5OS/c1-16-3-5-18(6-4-16)28-21-15-17(2)27-22(29-21)30-11-13-31(14-12-30)33-20-9-7-19(8-10-20)32-23(24,25)26/h3-10,15H,11-14H2,1-2H3,(H,27,28,29). The van der Waals surface area contributed by atoms with Crippen molar-refractivity contribution in [3.05, 3.63) is 65.9 Å². The topological polar surface area (TPSA) is 53.5 Å². The number of aromatic nitrogens is 2. The number of ether oxygens (including phenoxy) is 1. The Labute approximate surface area is 194 Å². The molecule has 1 fully saturated rings. The summed E-state index contributed by atoms with van der Waals surface area (Å²) in [7, 11) is 0. The molecule has 6 nitrogen and oxygen atoms in total. The SMILES string of the molecule is Cc1ccc(Nc2cc(C)nc(N3CCN(Sc4ccc(OC(F)(F)F)cc4)CC3)n2)cc1. The van der Waals surface area contributed by atoms with Gasteiger partial charge in [0.05, 0.1) is 0 Å². The number of piperazine rings is 1. The number of hydrogen-bond donors (Lipinski definition) is 1. The highest BCUT2D eigenvalue weighted by atomic mass is 32.2.